The first-order valence-electron chi connectivity index (χ1n) is 9.16. The Morgan fingerprint density at radius 3 is 2.79 bits per heavy atom. The number of fused-ring (bicyclic) bond motifs is 1. The second-order valence-electron chi connectivity index (χ2n) is 6.50. The molecule has 29 heavy (non-hydrogen) atoms. The van der Waals surface area contributed by atoms with Gasteiger partial charge in [0.1, 0.15) is 5.58 Å². The highest BCUT2D eigenvalue weighted by atomic mass is 79.9. The second kappa shape index (κ2) is 8.42. The van der Waals surface area contributed by atoms with Crippen LogP contribution in [0.3, 0.4) is 0 Å². The van der Waals surface area contributed by atoms with Gasteiger partial charge in [0.15, 0.2) is 10.9 Å². The molecule has 6 nitrogen and oxygen atoms in total. The molecule has 0 atom stereocenters. The van der Waals surface area contributed by atoms with Gasteiger partial charge in [0.25, 0.3) is 0 Å². The van der Waals surface area contributed by atoms with Crippen molar-refractivity contribution in [2.45, 2.75) is 25.5 Å². The van der Waals surface area contributed by atoms with Gasteiger partial charge in [-0.15, -0.1) is 10.2 Å². The van der Waals surface area contributed by atoms with Crippen molar-refractivity contribution in [1.29, 1.82) is 0 Å². The van der Waals surface area contributed by atoms with Crippen molar-refractivity contribution in [2.24, 2.45) is 0 Å². The molecule has 2 heterocycles. The van der Waals surface area contributed by atoms with E-state index < -0.39 is 0 Å². The van der Waals surface area contributed by atoms with Crippen molar-refractivity contribution in [3.05, 3.63) is 58.6 Å². The van der Waals surface area contributed by atoms with Crippen LogP contribution in [0.2, 0.25) is 0 Å². The fourth-order valence-electron chi connectivity index (χ4n) is 3.04. The number of halogens is 1. The van der Waals surface area contributed by atoms with Gasteiger partial charge in [0.05, 0.1) is 5.75 Å². The van der Waals surface area contributed by atoms with Gasteiger partial charge >= 0.3 is 0 Å². The Hall–Kier alpha value is -2.58. The second-order valence-corrected chi connectivity index (χ2v) is 8.35. The molecule has 8 heteroatoms. The number of thioether (sulfide) groups is 1. The molecule has 2 aromatic heterocycles. The van der Waals surface area contributed by atoms with Crippen LogP contribution in [0.5, 0.6) is 0 Å². The quantitative estimate of drug-likeness (QED) is 0.376. The van der Waals surface area contributed by atoms with Gasteiger partial charge in [-0.2, -0.15) is 0 Å². The van der Waals surface area contributed by atoms with E-state index in [-0.39, 0.29) is 11.7 Å². The lowest BCUT2D eigenvalue weighted by Crippen LogP contribution is -2.15. The number of carbonyl (C=O) groups excluding carboxylic acids is 1. The van der Waals surface area contributed by atoms with E-state index in [1.807, 2.05) is 66.9 Å². The van der Waals surface area contributed by atoms with E-state index in [4.69, 9.17) is 4.42 Å². The number of para-hydroxylation sites is 1. The van der Waals surface area contributed by atoms with Crippen molar-refractivity contribution in [1.82, 2.24) is 14.8 Å². The first kappa shape index (κ1) is 19.7. The topological polar surface area (TPSA) is 73.0 Å². The molecule has 1 amide bonds. The third-order valence-electron chi connectivity index (χ3n) is 4.47. The molecular formula is C21H19BrN4O2S. The zero-order chi connectivity index (χ0) is 20.4. The number of nitrogens with zero attached hydrogens (tertiary/aromatic N) is 3. The van der Waals surface area contributed by atoms with Crippen LogP contribution in [0.25, 0.3) is 22.6 Å². The van der Waals surface area contributed by atoms with E-state index in [1.54, 1.807) is 0 Å². The average molecular weight is 471 g/mol. The summed E-state index contributed by atoms with van der Waals surface area (Å²) in [4.78, 5) is 12.4. The van der Waals surface area contributed by atoms with Crippen molar-refractivity contribution >= 4 is 50.3 Å². The Labute approximate surface area is 180 Å². The minimum atomic E-state index is -0.0867. The number of amides is 1. The Bertz CT molecular complexity index is 1150. The van der Waals surface area contributed by atoms with Gasteiger partial charge in [0.2, 0.25) is 11.7 Å². The number of aryl methyl sites for hydroxylation is 1. The number of furan rings is 1. The molecular weight excluding hydrogens is 452 g/mol. The Balaban J connectivity index is 1.48. The summed E-state index contributed by atoms with van der Waals surface area (Å²) in [5.41, 5.74) is 2.62. The molecule has 0 bridgehead atoms. The van der Waals surface area contributed by atoms with Crippen LogP contribution in [-0.2, 0) is 11.3 Å². The predicted molar refractivity (Wildman–Crippen MR) is 119 cm³/mol. The van der Waals surface area contributed by atoms with Gasteiger partial charge in [-0.1, -0.05) is 45.9 Å². The number of hydrogen-bond acceptors (Lipinski definition) is 5. The van der Waals surface area contributed by atoms with Gasteiger partial charge < -0.3 is 9.73 Å². The lowest BCUT2D eigenvalue weighted by atomic mass is 10.2. The number of carbonyl (C=O) groups is 1. The molecule has 0 spiro atoms. The summed E-state index contributed by atoms with van der Waals surface area (Å²) in [6.45, 7) is 4.65. The molecule has 0 aliphatic carbocycles. The molecule has 0 aliphatic heterocycles. The van der Waals surface area contributed by atoms with Crippen LogP contribution < -0.4 is 5.32 Å². The Kier molecular flexibility index (Phi) is 5.73. The third-order valence-corrected chi connectivity index (χ3v) is 5.93. The minimum Gasteiger partial charge on any atom is -0.453 e. The highest BCUT2D eigenvalue weighted by molar-refractivity contribution is 9.10. The molecule has 0 unspecified atom stereocenters. The molecule has 2 aromatic carbocycles. The third kappa shape index (κ3) is 4.23. The normalized spacial score (nSPS) is 11.1. The standard InChI is InChI=1S/C21H19BrN4O2S/c1-3-26-20(18-11-14-6-4-5-7-17(14)28-18)24-25-21(26)29-12-19(27)23-16-9-8-15(22)10-13(16)2/h4-11H,3,12H2,1-2H3,(H,23,27). The van der Waals surface area contributed by atoms with Crippen LogP contribution in [0.15, 0.2) is 62.6 Å². The van der Waals surface area contributed by atoms with Crippen molar-refractivity contribution in [3.8, 4) is 11.6 Å². The maximum absolute atomic E-state index is 12.4. The smallest absolute Gasteiger partial charge is 0.234 e. The molecule has 1 N–H and O–H groups in total. The summed E-state index contributed by atoms with van der Waals surface area (Å²) in [5.74, 6) is 1.49. The van der Waals surface area contributed by atoms with E-state index in [0.29, 0.717) is 23.3 Å². The minimum absolute atomic E-state index is 0.0867. The number of anilines is 1. The monoisotopic (exact) mass is 470 g/mol. The van der Waals surface area contributed by atoms with Crippen LogP contribution >= 0.6 is 27.7 Å². The van der Waals surface area contributed by atoms with Crippen molar-refractivity contribution in [3.63, 3.8) is 0 Å². The maximum Gasteiger partial charge on any atom is 0.234 e. The highest BCUT2D eigenvalue weighted by Gasteiger charge is 2.18. The van der Waals surface area contributed by atoms with Crippen LogP contribution in [0.1, 0.15) is 12.5 Å². The number of hydrogen-bond donors (Lipinski definition) is 1. The molecule has 0 saturated heterocycles. The molecule has 4 aromatic rings. The molecule has 4 rings (SSSR count). The van der Waals surface area contributed by atoms with Crippen LogP contribution in [-0.4, -0.2) is 26.4 Å². The van der Waals surface area contributed by atoms with E-state index in [9.17, 15) is 4.79 Å². The molecule has 0 radical (unpaired) electrons. The fraction of sp³-hybridized carbons (Fsp3) is 0.190. The number of benzene rings is 2. The number of nitrogens with one attached hydrogen (secondary N) is 1. The first-order chi connectivity index (χ1) is 14.0. The maximum atomic E-state index is 12.4. The highest BCUT2D eigenvalue weighted by Crippen LogP contribution is 2.29. The zero-order valence-corrected chi connectivity index (χ0v) is 18.4. The number of aromatic nitrogens is 3. The van der Waals surface area contributed by atoms with E-state index in [1.165, 1.54) is 11.8 Å². The van der Waals surface area contributed by atoms with Crippen LogP contribution in [0, 0.1) is 6.92 Å². The Morgan fingerprint density at radius 2 is 2.03 bits per heavy atom. The van der Waals surface area contributed by atoms with E-state index in [2.05, 4.69) is 31.4 Å². The van der Waals surface area contributed by atoms with Gasteiger partial charge in [0, 0.05) is 22.1 Å². The summed E-state index contributed by atoms with van der Waals surface area (Å²) in [6.07, 6.45) is 0. The largest absolute Gasteiger partial charge is 0.453 e. The van der Waals surface area contributed by atoms with Crippen LogP contribution in [0.4, 0.5) is 5.69 Å². The summed E-state index contributed by atoms with van der Waals surface area (Å²) in [5, 5.41) is 13.2. The first-order valence-corrected chi connectivity index (χ1v) is 10.9. The van der Waals surface area contributed by atoms with Crippen molar-refractivity contribution in [2.75, 3.05) is 11.1 Å². The predicted octanol–water partition coefficient (Wildman–Crippen LogP) is 5.51. The molecule has 0 aliphatic rings. The Morgan fingerprint density at radius 1 is 1.21 bits per heavy atom. The van der Waals surface area contributed by atoms with E-state index >= 15 is 0 Å². The summed E-state index contributed by atoms with van der Waals surface area (Å²) < 4.78 is 8.86. The van der Waals surface area contributed by atoms with Gasteiger partial charge in [-0.3, -0.25) is 9.36 Å². The average Bonchev–Trinajstić information content (AvgIpc) is 3.31. The van der Waals surface area contributed by atoms with Gasteiger partial charge in [-0.25, -0.2) is 0 Å². The molecule has 0 fully saturated rings. The SMILES string of the molecule is CCn1c(SCC(=O)Nc2ccc(Br)cc2C)nnc1-c1cc2ccccc2o1. The van der Waals surface area contributed by atoms with Gasteiger partial charge in [-0.05, 0) is 49.7 Å². The summed E-state index contributed by atoms with van der Waals surface area (Å²) in [6, 6.07) is 15.6. The molecule has 0 saturated carbocycles. The molecule has 148 valence electrons. The summed E-state index contributed by atoms with van der Waals surface area (Å²) in [7, 11) is 0. The van der Waals surface area contributed by atoms with E-state index in [0.717, 1.165) is 26.7 Å². The van der Waals surface area contributed by atoms with Crippen molar-refractivity contribution < 1.29 is 9.21 Å². The lowest BCUT2D eigenvalue weighted by Gasteiger charge is -2.09. The zero-order valence-electron chi connectivity index (χ0n) is 16.0. The summed E-state index contributed by atoms with van der Waals surface area (Å²) >= 11 is 4.79. The fourth-order valence-corrected chi connectivity index (χ4v) is 4.32. The number of rotatable bonds is 6. The lowest BCUT2D eigenvalue weighted by molar-refractivity contribution is -0.113.